The largest absolute Gasteiger partial charge is 0.465 e. The van der Waals surface area contributed by atoms with Crippen molar-refractivity contribution in [3.8, 4) is 0 Å². The van der Waals surface area contributed by atoms with Crippen LogP contribution in [0, 0.1) is 11.8 Å². The number of rotatable bonds is 10. The zero-order valence-electron chi connectivity index (χ0n) is 24.5. The van der Waals surface area contributed by atoms with Crippen molar-refractivity contribution in [2.24, 2.45) is 11.8 Å². The Morgan fingerprint density at radius 1 is 0.902 bits per heavy atom. The molecule has 228 valence electrons. The first kappa shape index (κ1) is 30.2. The minimum absolute atomic E-state index is 0.123. The van der Waals surface area contributed by atoms with E-state index in [9.17, 15) is 19.5 Å². The summed E-state index contributed by atoms with van der Waals surface area (Å²) in [6.07, 6.45) is 14.0. The maximum Gasteiger partial charge on any atom is 0.313 e. The van der Waals surface area contributed by atoms with E-state index in [1.54, 1.807) is 4.90 Å². The number of amides is 2. The van der Waals surface area contributed by atoms with Crippen LogP contribution in [-0.2, 0) is 28.6 Å². The van der Waals surface area contributed by atoms with E-state index in [0.29, 0.717) is 58.7 Å². The molecular formula is C31H47N3O7. The van der Waals surface area contributed by atoms with E-state index < -0.39 is 35.0 Å². The number of likely N-dealkylation sites (tertiary alicyclic amines) is 1. The number of unbranched alkanes of at least 4 members (excludes halogenated alkanes) is 3. The Hall–Kier alpha value is -2.27. The number of cyclic esters (lactones) is 1. The summed E-state index contributed by atoms with van der Waals surface area (Å²) in [5.74, 6) is -2.39. The van der Waals surface area contributed by atoms with Gasteiger partial charge in [0.2, 0.25) is 11.8 Å². The zero-order chi connectivity index (χ0) is 28.9. The van der Waals surface area contributed by atoms with Crippen molar-refractivity contribution in [1.29, 1.82) is 0 Å². The first-order chi connectivity index (χ1) is 20.0. The molecule has 10 heteroatoms. The van der Waals surface area contributed by atoms with Crippen molar-refractivity contribution in [2.45, 2.75) is 75.5 Å². The van der Waals surface area contributed by atoms with Gasteiger partial charge in [-0.3, -0.25) is 19.3 Å². The molecule has 5 atom stereocenters. The number of carbonyl (C=O) groups is 3. The number of esters is 1. The Morgan fingerprint density at radius 3 is 2.49 bits per heavy atom. The Morgan fingerprint density at radius 2 is 1.71 bits per heavy atom. The van der Waals surface area contributed by atoms with Gasteiger partial charge >= 0.3 is 5.97 Å². The van der Waals surface area contributed by atoms with E-state index >= 15 is 0 Å². The molecule has 0 aromatic carbocycles. The molecule has 10 nitrogen and oxygen atoms in total. The third-order valence-electron chi connectivity index (χ3n) is 9.56. The number of fused-ring (bicyclic) bond motifs is 2. The fourth-order valence-electron chi connectivity index (χ4n) is 7.36. The fraction of sp³-hybridized carbons (Fsp3) is 0.774. The summed E-state index contributed by atoms with van der Waals surface area (Å²) in [6.45, 7) is 7.61. The quantitative estimate of drug-likeness (QED) is 0.240. The van der Waals surface area contributed by atoms with Crippen LogP contribution in [0.25, 0.3) is 0 Å². The van der Waals surface area contributed by atoms with Crippen molar-refractivity contribution in [3.05, 3.63) is 24.3 Å². The summed E-state index contributed by atoms with van der Waals surface area (Å²) in [7, 11) is 0. The topological polar surface area (TPSA) is 109 Å². The summed E-state index contributed by atoms with van der Waals surface area (Å²) in [5.41, 5.74) is -2.27. The molecule has 1 N–H and O–H groups in total. The van der Waals surface area contributed by atoms with Crippen molar-refractivity contribution < 1.29 is 33.7 Å². The van der Waals surface area contributed by atoms with Gasteiger partial charge in [-0.15, -0.1) is 0 Å². The number of hydrogen-bond acceptors (Lipinski definition) is 8. The molecule has 0 saturated carbocycles. The van der Waals surface area contributed by atoms with Gasteiger partial charge in [-0.2, -0.15) is 0 Å². The molecule has 0 aromatic rings. The minimum Gasteiger partial charge on any atom is -0.465 e. The summed E-state index contributed by atoms with van der Waals surface area (Å²) in [4.78, 5) is 48.4. The average Bonchev–Trinajstić information content (AvgIpc) is 3.34. The highest BCUT2D eigenvalue weighted by Crippen LogP contribution is 2.58. The van der Waals surface area contributed by atoms with E-state index in [-0.39, 0.29) is 18.4 Å². The average molecular weight is 574 g/mol. The summed E-state index contributed by atoms with van der Waals surface area (Å²) in [6, 6.07) is -0.844. The van der Waals surface area contributed by atoms with E-state index in [0.717, 1.165) is 51.7 Å². The van der Waals surface area contributed by atoms with E-state index in [1.165, 1.54) is 0 Å². The van der Waals surface area contributed by atoms with Gasteiger partial charge in [-0.25, -0.2) is 0 Å². The van der Waals surface area contributed by atoms with Crippen LogP contribution in [0.2, 0.25) is 0 Å². The molecule has 2 amide bonds. The highest BCUT2D eigenvalue weighted by Gasteiger charge is 2.75. The molecule has 1 unspecified atom stereocenters. The first-order valence-corrected chi connectivity index (χ1v) is 15.7. The van der Waals surface area contributed by atoms with Gasteiger partial charge in [0, 0.05) is 45.9 Å². The molecule has 3 saturated heterocycles. The molecule has 0 bridgehead atoms. The Kier molecular flexibility index (Phi) is 9.84. The van der Waals surface area contributed by atoms with Crippen LogP contribution in [0.3, 0.4) is 0 Å². The van der Waals surface area contributed by atoms with E-state index in [4.69, 9.17) is 14.2 Å². The van der Waals surface area contributed by atoms with Crippen LogP contribution >= 0.6 is 0 Å². The van der Waals surface area contributed by atoms with Gasteiger partial charge in [-0.05, 0) is 38.5 Å². The third-order valence-corrected chi connectivity index (χ3v) is 9.56. The zero-order valence-corrected chi connectivity index (χ0v) is 24.5. The molecule has 5 aliphatic heterocycles. The number of ether oxygens (including phenoxy) is 3. The first-order valence-electron chi connectivity index (χ1n) is 15.7. The van der Waals surface area contributed by atoms with Gasteiger partial charge in [0.15, 0.2) is 0 Å². The predicted octanol–water partition coefficient (Wildman–Crippen LogP) is 1.91. The van der Waals surface area contributed by atoms with Crippen molar-refractivity contribution in [2.75, 3.05) is 65.7 Å². The van der Waals surface area contributed by atoms with Crippen LogP contribution in [0.15, 0.2) is 24.3 Å². The Balaban J connectivity index is 1.48. The minimum atomic E-state index is -1.24. The van der Waals surface area contributed by atoms with Crippen molar-refractivity contribution in [1.82, 2.24) is 14.7 Å². The van der Waals surface area contributed by atoms with Gasteiger partial charge in [0.05, 0.1) is 25.7 Å². The summed E-state index contributed by atoms with van der Waals surface area (Å²) in [5, 5.41) is 9.19. The maximum absolute atomic E-state index is 14.5. The second-order valence-corrected chi connectivity index (χ2v) is 12.0. The van der Waals surface area contributed by atoms with Crippen LogP contribution in [0.1, 0.15) is 58.3 Å². The SMILES string of the molecule is CC[C@@]12/C=C\CCCCOC(=O)[C@@H]1[C@H]1C(=O)N(CCCCCCO)C3C(=O)N(CCN4CCOCC4)CC=C[C@@]31O2. The van der Waals surface area contributed by atoms with Crippen LogP contribution in [0.5, 0.6) is 0 Å². The predicted molar refractivity (Wildman–Crippen MR) is 152 cm³/mol. The smallest absolute Gasteiger partial charge is 0.313 e. The van der Waals surface area contributed by atoms with Gasteiger partial charge in [-0.1, -0.05) is 44.1 Å². The van der Waals surface area contributed by atoms with Crippen molar-refractivity contribution >= 4 is 17.8 Å². The second kappa shape index (κ2) is 13.4. The fourth-order valence-corrected chi connectivity index (χ4v) is 7.36. The lowest BCUT2D eigenvalue weighted by Crippen LogP contribution is -2.57. The lowest BCUT2D eigenvalue weighted by atomic mass is 9.73. The van der Waals surface area contributed by atoms with Crippen molar-refractivity contribution in [3.63, 3.8) is 0 Å². The molecule has 1 spiro atoms. The lowest BCUT2D eigenvalue weighted by Gasteiger charge is -2.39. The molecule has 0 aliphatic carbocycles. The highest BCUT2D eigenvalue weighted by molar-refractivity contribution is 5.99. The van der Waals surface area contributed by atoms with Gasteiger partial charge in [0.1, 0.15) is 23.2 Å². The lowest BCUT2D eigenvalue weighted by molar-refractivity contribution is -0.161. The molecule has 5 aliphatic rings. The number of carbonyl (C=O) groups excluding carboxylic acids is 3. The number of nitrogens with zero attached hydrogens (tertiary/aromatic N) is 3. The number of hydrogen-bond donors (Lipinski definition) is 1. The van der Waals surface area contributed by atoms with Crippen LogP contribution < -0.4 is 0 Å². The van der Waals surface area contributed by atoms with Gasteiger partial charge in [0.25, 0.3) is 0 Å². The van der Waals surface area contributed by atoms with Crippen LogP contribution in [-0.4, -0.2) is 121 Å². The molecule has 5 rings (SSSR count). The van der Waals surface area contributed by atoms with E-state index in [1.807, 2.05) is 30.1 Å². The molecule has 5 heterocycles. The molecule has 3 fully saturated rings. The van der Waals surface area contributed by atoms with E-state index in [2.05, 4.69) is 11.0 Å². The Bertz CT molecular complexity index is 1010. The monoisotopic (exact) mass is 573 g/mol. The number of aliphatic hydroxyl groups excluding tert-OH is 1. The molecule has 0 aromatic heterocycles. The molecule has 0 radical (unpaired) electrons. The molecular weight excluding hydrogens is 526 g/mol. The third kappa shape index (κ3) is 5.85. The number of allylic oxidation sites excluding steroid dienone is 1. The summed E-state index contributed by atoms with van der Waals surface area (Å²) < 4.78 is 18.3. The Labute approximate surface area is 243 Å². The molecule has 41 heavy (non-hydrogen) atoms. The second-order valence-electron chi connectivity index (χ2n) is 12.0. The highest BCUT2D eigenvalue weighted by atomic mass is 16.6. The summed E-state index contributed by atoms with van der Waals surface area (Å²) >= 11 is 0. The van der Waals surface area contributed by atoms with Crippen LogP contribution in [0.4, 0.5) is 0 Å². The number of aliphatic hydroxyl groups is 1. The van der Waals surface area contributed by atoms with Gasteiger partial charge < -0.3 is 29.1 Å². The maximum atomic E-state index is 14.5. The number of morpholine rings is 1. The normalized spacial score (nSPS) is 35.1. The standard InChI is InChI=1S/C31H47N3O7/c1-2-30-12-7-3-6-10-21-40-29(38)25(30)24-27(36)34(15-8-4-5-9-20-35)26-28(37)33(14-11-13-31(24,26)41-30)17-16-32-18-22-39-23-19-32/h7,11-13,24-26,35H,2-6,8-10,14-23H2,1H3/b12-7-/t24-,25-,26?,30+,31-/m0/s1.